The molecule has 7 nitrogen and oxygen atoms in total. The first-order valence-electron chi connectivity index (χ1n) is 10.5. The minimum Gasteiger partial charge on any atom is -0.494 e. The Morgan fingerprint density at radius 1 is 1.27 bits per heavy atom. The van der Waals surface area contributed by atoms with Gasteiger partial charge in [0.2, 0.25) is 5.91 Å². The number of amides is 1. The van der Waals surface area contributed by atoms with Crippen LogP contribution in [-0.4, -0.2) is 40.3 Å². The van der Waals surface area contributed by atoms with Gasteiger partial charge in [-0.15, -0.1) is 11.8 Å². The number of thioether (sulfide) groups is 1. The van der Waals surface area contributed by atoms with Crippen molar-refractivity contribution in [3.8, 4) is 5.75 Å². The van der Waals surface area contributed by atoms with Crippen LogP contribution >= 0.6 is 11.8 Å². The van der Waals surface area contributed by atoms with Gasteiger partial charge in [0.05, 0.1) is 34.8 Å². The minimum absolute atomic E-state index is 0.0686. The minimum atomic E-state index is -0.270. The van der Waals surface area contributed by atoms with Crippen LogP contribution < -0.4 is 15.6 Å². The molecule has 0 radical (unpaired) electrons. The van der Waals surface area contributed by atoms with E-state index in [4.69, 9.17) is 9.47 Å². The average Bonchev–Trinajstić information content (AvgIpc) is 2.91. The quantitative estimate of drug-likeness (QED) is 0.751. The zero-order chi connectivity index (χ0) is 21.3. The highest BCUT2D eigenvalue weighted by atomic mass is 32.2. The van der Waals surface area contributed by atoms with Gasteiger partial charge in [-0.3, -0.25) is 19.4 Å². The van der Waals surface area contributed by atoms with E-state index in [0.717, 1.165) is 30.6 Å². The highest BCUT2D eigenvalue weighted by molar-refractivity contribution is 8.00. The first-order chi connectivity index (χ1) is 14.4. The molecular weight excluding hydrogens is 402 g/mol. The van der Waals surface area contributed by atoms with Crippen molar-refractivity contribution in [2.45, 2.75) is 56.9 Å². The molecule has 1 aromatic heterocycles. The molecule has 1 amide bonds. The fourth-order valence-electron chi connectivity index (χ4n) is 4.16. The van der Waals surface area contributed by atoms with Crippen molar-refractivity contribution in [3.05, 3.63) is 45.7 Å². The van der Waals surface area contributed by atoms with Crippen LogP contribution in [0.25, 0.3) is 0 Å². The predicted octanol–water partition coefficient (Wildman–Crippen LogP) is 3.87. The fourth-order valence-corrected chi connectivity index (χ4v) is 5.28. The van der Waals surface area contributed by atoms with Crippen LogP contribution in [0, 0.1) is 0 Å². The molecule has 2 atom stereocenters. The van der Waals surface area contributed by atoms with E-state index in [1.165, 1.54) is 11.8 Å². The number of carbonyl (C=O) groups excluding carboxylic acids is 1. The Bertz CT molecular complexity index is 964. The van der Waals surface area contributed by atoms with Gasteiger partial charge in [-0.2, -0.15) is 0 Å². The van der Waals surface area contributed by atoms with Gasteiger partial charge < -0.3 is 14.8 Å². The molecule has 2 aliphatic rings. The maximum Gasteiger partial charge on any atom is 0.270 e. The molecule has 1 fully saturated rings. The summed E-state index contributed by atoms with van der Waals surface area (Å²) < 4.78 is 13.4. The van der Waals surface area contributed by atoms with Gasteiger partial charge in [0, 0.05) is 6.61 Å². The molecule has 1 aromatic carbocycles. The van der Waals surface area contributed by atoms with Crippen molar-refractivity contribution >= 4 is 23.5 Å². The summed E-state index contributed by atoms with van der Waals surface area (Å²) in [6, 6.07) is 7.89. The van der Waals surface area contributed by atoms with Crippen molar-refractivity contribution in [3.63, 3.8) is 0 Å². The van der Waals surface area contributed by atoms with E-state index in [0.29, 0.717) is 30.3 Å². The summed E-state index contributed by atoms with van der Waals surface area (Å²) in [5.74, 6) is 1.61. The number of rotatable bonds is 5. The van der Waals surface area contributed by atoms with Gasteiger partial charge in [0.15, 0.2) is 0 Å². The van der Waals surface area contributed by atoms with E-state index < -0.39 is 0 Å². The lowest BCUT2D eigenvalue weighted by Crippen LogP contribution is -2.36. The smallest absolute Gasteiger partial charge is 0.270 e. The van der Waals surface area contributed by atoms with Gasteiger partial charge in [-0.1, -0.05) is 19.1 Å². The van der Waals surface area contributed by atoms with E-state index in [1.807, 2.05) is 28.9 Å². The second-order valence-electron chi connectivity index (χ2n) is 8.48. The number of fused-ring (bicyclic) bond motifs is 1. The summed E-state index contributed by atoms with van der Waals surface area (Å²) >= 11 is 1.47. The number of hydrogen-bond acceptors (Lipinski definition) is 5. The molecule has 30 heavy (non-hydrogen) atoms. The van der Waals surface area contributed by atoms with E-state index in [2.05, 4.69) is 31.2 Å². The number of aromatic nitrogens is 2. The third-order valence-corrected chi connectivity index (χ3v) is 6.83. The third kappa shape index (κ3) is 4.30. The number of nitrogens with one attached hydrogen (secondary N) is 2. The number of anilines is 1. The molecule has 2 unspecified atom stereocenters. The molecule has 162 valence electrons. The first kappa shape index (κ1) is 21.1. The van der Waals surface area contributed by atoms with Crippen LogP contribution in [0.15, 0.2) is 29.1 Å². The normalized spacial score (nSPS) is 23.4. The maximum absolute atomic E-state index is 13.0. The highest BCUT2D eigenvalue weighted by Crippen LogP contribution is 2.42. The summed E-state index contributed by atoms with van der Waals surface area (Å²) in [6.45, 7) is 7.47. The zero-order valence-electron chi connectivity index (χ0n) is 17.7. The molecule has 0 bridgehead atoms. The highest BCUT2D eigenvalue weighted by Gasteiger charge is 2.35. The summed E-state index contributed by atoms with van der Waals surface area (Å²) in [7, 11) is 0. The van der Waals surface area contributed by atoms with Gasteiger partial charge in [0.25, 0.3) is 5.56 Å². The van der Waals surface area contributed by atoms with Crippen LogP contribution in [0.5, 0.6) is 5.75 Å². The second kappa shape index (κ2) is 8.51. The number of carbonyl (C=O) groups is 1. The fraction of sp³-hybridized carbons (Fsp3) is 0.545. The Kier molecular flexibility index (Phi) is 5.97. The van der Waals surface area contributed by atoms with Crippen LogP contribution in [0.4, 0.5) is 5.82 Å². The van der Waals surface area contributed by atoms with Crippen LogP contribution in [0.2, 0.25) is 0 Å². The van der Waals surface area contributed by atoms with Gasteiger partial charge >= 0.3 is 0 Å². The number of ether oxygens (including phenoxy) is 2. The molecule has 0 spiro atoms. The second-order valence-corrected chi connectivity index (χ2v) is 9.58. The first-order valence-corrected chi connectivity index (χ1v) is 11.6. The SMILES string of the molecule is CCCOc1ccc(C2SCC(=O)Nc3c2c(=O)[nH]n3C2CCOC(C)(C)C2)cc1. The van der Waals surface area contributed by atoms with E-state index in [9.17, 15) is 9.59 Å². The van der Waals surface area contributed by atoms with Crippen LogP contribution in [0.3, 0.4) is 0 Å². The molecule has 4 rings (SSSR count). The Hall–Kier alpha value is -2.19. The van der Waals surface area contributed by atoms with Gasteiger partial charge in [-0.25, -0.2) is 0 Å². The number of benzene rings is 1. The van der Waals surface area contributed by atoms with Crippen molar-refractivity contribution in [1.82, 2.24) is 9.78 Å². The van der Waals surface area contributed by atoms with Crippen molar-refractivity contribution in [2.75, 3.05) is 24.3 Å². The Morgan fingerprint density at radius 3 is 2.73 bits per heavy atom. The standard InChI is InChI=1S/C22H29N3O4S/c1-4-10-28-16-7-5-14(6-8-16)19-18-20(23-17(26)13-30-19)25(24-21(18)27)15-9-11-29-22(2,3)12-15/h5-8,15,19H,4,9-13H2,1-3H3,(H,23,26)(H,24,27). The number of H-pyrrole nitrogens is 1. The van der Waals surface area contributed by atoms with E-state index >= 15 is 0 Å². The molecule has 0 saturated carbocycles. The predicted molar refractivity (Wildman–Crippen MR) is 119 cm³/mol. The van der Waals surface area contributed by atoms with Crippen LogP contribution in [0.1, 0.15) is 62.5 Å². The Morgan fingerprint density at radius 2 is 2.03 bits per heavy atom. The van der Waals surface area contributed by atoms with Crippen molar-refractivity contribution in [1.29, 1.82) is 0 Å². The molecule has 3 heterocycles. The van der Waals surface area contributed by atoms with Crippen molar-refractivity contribution < 1.29 is 14.3 Å². The number of hydrogen-bond donors (Lipinski definition) is 2. The molecular formula is C22H29N3O4S. The third-order valence-electron chi connectivity index (χ3n) is 5.56. The summed E-state index contributed by atoms with van der Waals surface area (Å²) in [4.78, 5) is 25.5. The average molecular weight is 432 g/mol. The Balaban J connectivity index is 1.70. The maximum atomic E-state index is 13.0. The summed E-state index contributed by atoms with van der Waals surface area (Å²) in [5, 5.41) is 5.76. The van der Waals surface area contributed by atoms with Crippen molar-refractivity contribution in [2.24, 2.45) is 0 Å². The lowest BCUT2D eigenvalue weighted by atomic mass is 9.94. The molecule has 0 aliphatic carbocycles. The molecule has 2 N–H and O–H groups in total. The monoisotopic (exact) mass is 431 g/mol. The van der Waals surface area contributed by atoms with E-state index in [1.54, 1.807) is 0 Å². The zero-order valence-corrected chi connectivity index (χ0v) is 18.5. The molecule has 2 aliphatic heterocycles. The largest absolute Gasteiger partial charge is 0.494 e. The van der Waals surface area contributed by atoms with Gasteiger partial charge in [-0.05, 0) is 50.8 Å². The molecule has 2 aromatic rings. The topological polar surface area (TPSA) is 85.4 Å². The lowest BCUT2D eigenvalue weighted by Gasteiger charge is -2.36. The lowest BCUT2D eigenvalue weighted by molar-refractivity contribution is -0.113. The van der Waals surface area contributed by atoms with E-state index in [-0.39, 0.29) is 28.4 Å². The summed E-state index contributed by atoms with van der Waals surface area (Å²) in [6.07, 6.45) is 2.50. The Labute approximate surface area is 180 Å². The van der Waals surface area contributed by atoms with Crippen LogP contribution in [-0.2, 0) is 9.53 Å². The number of aromatic amines is 1. The summed E-state index contributed by atoms with van der Waals surface area (Å²) in [5.41, 5.74) is 1.17. The number of nitrogens with zero attached hydrogens (tertiary/aromatic N) is 1. The molecule has 1 saturated heterocycles. The molecule has 8 heteroatoms. The van der Waals surface area contributed by atoms with Gasteiger partial charge in [0.1, 0.15) is 11.6 Å².